The first-order valence-corrected chi connectivity index (χ1v) is 13.2. The van der Waals surface area contributed by atoms with Crippen molar-refractivity contribution in [3.63, 3.8) is 0 Å². The lowest BCUT2D eigenvalue weighted by Crippen LogP contribution is -2.27. The van der Waals surface area contributed by atoms with Gasteiger partial charge in [0.05, 0.1) is 22.5 Å². The predicted molar refractivity (Wildman–Crippen MR) is 131 cm³/mol. The number of fused-ring (bicyclic) bond motifs is 2. The van der Waals surface area contributed by atoms with Crippen molar-refractivity contribution in [1.82, 2.24) is 29.7 Å². The zero-order valence-electron chi connectivity index (χ0n) is 19.2. The summed E-state index contributed by atoms with van der Waals surface area (Å²) in [4.78, 5) is 22.0. The van der Waals surface area contributed by atoms with E-state index in [0.29, 0.717) is 30.9 Å². The first kappa shape index (κ1) is 22.2. The fraction of sp³-hybridized carbons (Fsp3) is 0.333. The molecule has 12 heteroatoms. The molecule has 2 aliphatic rings. The molecule has 2 aliphatic heterocycles. The Kier molecular flexibility index (Phi) is 5.20. The van der Waals surface area contributed by atoms with E-state index in [9.17, 15) is 13.7 Å². The van der Waals surface area contributed by atoms with Crippen molar-refractivity contribution in [2.45, 2.75) is 23.8 Å². The Morgan fingerprint density at radius 3 is 3.03 bits per heavy atom. The van der Waals surface area contributed by atoms with Crippen LogP contribution in [0.15, 0.2) is 42.1 Å². The van der Waals surface area contributed by atoms with Crippen LogP contribution in [0.5, 0.6) is 0 Å². The first-order valence-electron chi connectivity index (χ1n) is 11.6. The Hall–Kier alpha value is -4.29. The lowest BCUT2D eigenvalue weighted by molar-refractivity contribution is 0.347. The lowest BCUT2D eigenvalue weighted by Gasteiger charge is -2.22. The Morgan fingerprint density at radius 2 is 2.19 bits per heavy atom. The van der Waals surface area contributed by atoms with Crippen molar-refractivity contribution in [2.75, 3.05) is 30.3 Å². The van der Waals surface area contributed by atoms with E-state index in [1.807, 2.05) is 28.0 Å². The van der Waals surface area contributed by atoms with Gasteiger partial charge in [-0.05, 0) is 24.5 Å². The molecule has 1 fully saturated rings. The molecule has 6 heterocycles. The molecule has 1 saturated heterocycles. The minimum absolute atomic E-state index is 0.0148. The van der Waals surface area contributed by atoms with E-state index in [1.165, 1.54) is 6.33 Å². The molecule has 0 amide bonds. The van der Waals surface area contributed by atoms with Crippen LogP contribution in [0.4, 0.5) is 5.82 Å². The van der Waals surface area contributed by atoms with Crippen LogP contribution >= 0.6 is 0 Å². The molecular formula is C24H21N9O2S. The smallest absolute Gasteiger partial charge is 0.237 e. The van der Waals surface area contributed by atoms with Gasteiger partial charge >= 0.3 is 0 Å². The summed E-state index contributed by atoms with van der Waals surface area (Å²) >= 11 is 0. The minimum atomic E-state index is -3.47. The number of H-pyrrole nitrogens is 1. The zero-order valence-corrected chi connectivity index (χ0v) is 20.0. The van der Waals surface area contributed by atoms with Crippen molar-refractivity contribution in [2.24, 2.45) is 5.92 Å². The molecule has 0 bridgehead atoms. The maximum Gasteiger partial charge on any atom is 0.237 e. The standard InChI is InChI=1S/C24H21N9O2S/c1-26-11-20(33-13-17(10-31-33)21-18-2-5-27-23(18)30-14-29-21)16-3-6-32(12-16)24-19(8-25)22-15(9-28-24)4-7-36(22,34)35/h2,5,9-10,13-14,16,20H,3-4,6-7,11-12H2,(H,27,29,30). The second-order valence-corrected chi connectivity index (χ2v) is 11.1. The molecule has 2 unspecified atom stereocenters. The van der Waals surface area contributed by atoms with E-state index in [4.69, 9.17) is 6.57 Å². The van der Waals surface area contributed by atoms with Gasteiger partial charge in [-0.15, -0.1) is 0 Å². The summed E-state index contributed by atoms with van der Waals surface area (Å²) in [6, 6.07) is 3.83. The minimum Gasteiger partial charge on any atom is -0.355 e. The summed E-state index contributed by atoms with van der Waals surface area (Å²) in [5.74, 6) is 0.492. The number of hydrogen-bond donors (Lipinski definition) is 1. The molecular weight excluding hydrogens is 478 g/mol. The van der Waals surface area contributed by atoms with Gasteiger partial charge in [0.15, 0.2) is 9.84 Å². The summed E-state index contributed by atoms with van der Waals surface area (Å²) < 4.78 is 27.0. The lowest BCUT2D eigenvalue weighted by atomic mass is 9.99. The summed E-state index contributed by atoms with van der Waals surface area (Å²) in [5, 5.41) is 15.3. The number of pyridine rings is 1. The van der Waals surface area contributed by atoms with Gasteiger partial charge in [0.2, 0.25) is 6.54 Å². The molecule has 11 nitrogen and oxygen atoms in total. The van der Waals surface area contributed by atoms with Crippen molar-refractivity contribution >= 4 is 26.7 Å². The SMILES string of the molecule is [C-]#[N+]CC(C1CCN(c2ncc3c(c2C#N)S(=O)(=O)CC3)C1)n1cc(-c2ncnc3[nH]ccc23)cn1. The average Bonchev–Trinajstić information content (AvgIpc) is 3.68. The number of nitriles is 1. The molecule has 0 spiro atoms. The van der Waals surface area contributed by atoms with Crippen LogP contribution in [0.3, 0.4) is 0 Å². The first-order chi connectivity index (χ1) is 17.5. The third-order valence-corrected chi connectivity index (χ3v) is 8.89. The van der Waals surface area contributed by atoms with Gasteiger partial charge in [-0.25, -0.2) is 29.9 Å². The monoisotopic (exact) mass is 499 g/mol. The second kappa shape index (κ2) is 8.43. The predicted octanol–water partition coefficient (Wildman–Crippen LogP) is 2.40. The van der Waals surface area contributed by atoms with Gasteiger partial charge in [0, 0.05) is 48.5 Å². The Morgan fingerprint density at radius 1 is 1.31 bits per heavy atom. The maximum absolute atomic E-state index is 12.6. The third kappa shape index (κ3) is 3.49. The molecule has 4 aromatic rings. The molecule has 0 saturated carbocycles. The van der Waals surface area contributed by atoms with Crippen molar-refractivity contribution in [1.29, 1.82) is 5.26 Å². The van der Waals surface area contributed by atoms with Crippen LogP contribution in [-0.4, -0.2) is 63.5 Å². The number of aryl methyl sites for hydroxylation is 1. The second-order valence-electron chi connectivity index (χ2n) is 9.07. The van der Waals surface area contributed by atoms with Crippen LogP contribution in [0.1, 0.15) is 23.6 Å². The van der Waals surface area contributed by atoms with Crippen LogP contribution in [0, 0.1) is 23.8 Å². The summed E-state index contributed by atoms with van der Waals surface area (Å²) in [6.07, 6.45) is 9.72. The highest BCUT2D eigenvalue weighted by Crippen LogP contribution is 2.37. The van der Waals surface area contributed by atoms with Gasteiger partial charge in [0.1, 0.15) is 35.5 Å². The van der Waals surface area contributed by atoms with Crippen LogP contribution < -0.4 is 4.90 Å². The Balaban J connectivity index is 1.30. The van der Waals surface area contributed by atoms with Crippen LogP contribution in [0.25, 0.3) is 27.1 Å². The fourth-order valence-corrected chi connectivity index (χ4v) is 7.02. The van der Waals surface area contributed by atoms with Gasteiger partial charge in [-0.2, -0.15) is 10.4 Å². The zero-order chi connectivity index (χ0) is 24.9. The molecule has 6 rings (SSSR count). The average molecular weight is 500 g/mol. The highest BCUT2D eigenvalue weighted by Gasteiger charge is 2.37. The molecule has 36 heavy (non-hydrogen) atoms. The van der Waals surface area contributed by atoms with Crippen molar-refractivity contribution in [3.05, 3.63) is 59.7 Å². The van der Waals surface area contributed by atoms with Crippen molar-refractivity contribution in [3.8, 4) is 17.3 Å². The molecule has 0 aliphatic carbocycles. The number of nitrogens with one attached hydrogen (secondary N) is 1. The van der Waals surface area contributed by atoms with E-state index in [1.54, 1.807) is 12.4 Å². The largest absolute Gasteiger partial charge is 0.355 e. The quantitative estimate of drug-likeness (QED) is 0.413. The van der Waals surface area contributed by atoms with E-state index in [0.717, 1.165) is 28.7 Å². The highest BCUT2D eigenvalue weighted by atomic mass is 32.2. The molecule has 0 aromatic carbocycles. The highest BCUT2D eigenvalue weighted by molar-refractivity contribution is 7.91. The Labute approximate surface area is 207 Å². The number of hydrogen-bond acceptors (Lipinski definition) is 8. The summed E-state index contributed by atoms with van der Waals surface area (Å²) in [7, 11) is -3.47. The number of nitrogens with zero attached hydrogens (tertiary/aromatic N) is 8. The summed E-state index contributed by atoms with van der Waals surface area (Å²) in [5.41, 5.74) is 3.10. The number of anilines is 1. The van der Waals surface area contributed by atoms with E-state index in [-0.39, 0.29) is 34.7 Å². The molecule has 4 aromatic heterocycles. The molecule has 0 radical (unpaired) electrons. The number of aromatic nitrogens is 6. The van der Waals surface area contributed by atoms with Gasteiger partial charge < -0.3 is 14.7 Å². The summed E-state index contributed by atoms with van der Waals surface area (Å²) in [6.45, 7) is 8.95. The number of aromatic amines is 1. The maximum atomic E-state index is 12.6. The Bertz CT molecular complexity index is 1680. The van der Waals surface area contributed by atoms with Crippen LogP contribution in [0.2, 0.25) is 0 Å². The fourth-order valence-electron chi connectivity index (χ4n) is 5.32. The topological polar surface area (TPSA) is 138 Å². The van der Waals surface area contributed by atoms with Crippen LogP contribution in [-0.2, 0) is 16.3 Å². The molecule has 180 valence electrons. The normalized spacial score (nSPS) is 19.2. The number of rotatable bonds is 5. The van der Waals surface area contributed by atoms with Crippen molar-refractivity contribution < 1.29 is 8.42 Å². The van der Waals surface area contributed by atoms with Gasteiger partial charge in [-0.3, -0.25) is 4.68 Å². The van der Waals surface area contributed by atoms with Gasteiger partial charge in [-0.1, -0.05) is 0 Å². The van der Waals surface area contributed by atoms with E-state index >= 15 is 0 Å². The van der Waals surface area contributed by atoms with E-state index in [2.05, 4.69) is 35.9 Å². The van der Waals surface area contributed by atoms with E-state index < -0.39 is 9.84 Å². The number of sulfone groups is 1. The molecule has 1 N–H and O–H groups in total. The third-order valence-electron chi connectivity index (χ3n) is 7.06. The van der Waals surface area contributed by atoms with Gasteiger partial charge in [0.25, 0.3) is 0 Å². The molecule has 2 atom stereocenters.